The van der Waals surface area contributed by atoms with Gasteiger partial charge in [-0.05, 0) is 24.7 Å². The molecule has 19 heavy (non-hydrogen) atoms. The molecule has 0 unspecified atom stereocenters. The summed E-state index contributed by atoms with van der Waals surface area (Å²) in [5, 5.41) is 12.0. The molecule has 104 valence electrons. The van der Waals surface area contributed by atoms with E-state index in [2.05, 4.69) is 22.2 Å². The van der Waals surface area contributed by atoms with Gasteiger partial charge in [0, 0.05) is 6.54 Å². The second-order valence-corrected chi connectivity index (χ2v) is 5.27. The van der Waals surface area contributed by atoms with Crippen molar-refractivity contribution >= 4 is 11.8 Å². The quantitative estimate of drug-likeness (QED) is 0.854. The van der Waals surface area contributed by atoms with Gasteiger partial charge in [-0.3, -0.25) is 0 Å². The maximum absolute atomic E-state index is 10.7. The van der Waals surface area contributed by atoms with Crippen LogP contribution in [0, 0.1) is 11.8 Å². The van der Waals surface area contributed by atoms with Gasteiger partial charge in [0.05, 0.1) is 12.4 Å². The molecule has 5 heteroatoms. The first-order valence-corrected chi connectivity index (χ1v) is 6.98. The van der Waals surface area contributed by atoms with Gasteiger partial charge in [0.25, 0.3) is 0 Å². The van der Waals surface area contributed by atoms with Crippen molar-refractivity contribution in [1.82, 2.24) is 9.97 Å². The number of carbonyl (C=O) groups is 1. The zero-order valence-corrected chi connectivity index (χ0v) is 11.3. The molecule has 1 aliphatic rings. The number of carboxylic acids is 1. The van der Waals surface area contributed by atoms with E-state index in [1.54, 1.807) is 0 Å². The molecule has 0 spiro atoms. The molecule has 5 nitrogen and oxygen atoms in total. The van der Waals surface area contributed by atoms with Crippen molar-refractivity contribution in [3.05, 3.63) is 18.1 Å². The molecule has 0 bridgehead atoms. The Kier molecular flexibility index (Phi) is 4.71. The normalized spacial score (nSPS) is 23.0. The van der Waals surface area contributed by atoms with Crippen molar-refractivity contribution in [2.45, 2.75) is 39.0 Å². The van der Waals surface area contributed by atoms with Crippen molar-refractivity contribution in [2.24, 2.45) is 11.8 Å². The monoisotopic (exact) mass is 263 g/mol. The van der Waals surface area contributed by atoms with E-state index in [-0.39, 0.29) is 5.69 Å². The van der Waals surface area contributed by atoms with Crippen LogP contribution in [0.15, 0.2) is 12.4 Å². The summed E-state index contributed by atoms with van der Waals surface area (Å²) in [7, 11) is 0. The number of aromatic carboxylic acids is 1. The Morgan fingerprint density at radius 3 is 2.47 bits per heavy atom. The van der Waals surface area contributed by atoms with Gasteiger partial charge in [0.1, 0.15) is 5.82 Å². The molecule has 0 radical (unpaired) electrons. The average molecular weight is 263 g/mol. The topological polar surface area (TPSA) is 75.1 Å². The molecule has 1 fully saturated rings. The van der Waals surface area contributed by atoms with Crippen LogP contribution in [0.3, 0.4) is 0 Å². The minimum absolute atomic E-state index is 0.0194. The average Bonchev–Trinajstić information content (AvgIpc) is 2.46. The molecule has 1 aromatic rings. The Labute approximate surface area is 113 Å². The Hall–Kier alpha value is -1.65. The van der Waals surface area contributed by atoms with E-state index in [1.807, 2.05) is 0 Å². The summed E-state index contributed by atoms with van der Waals surface area (Å²) < 4.78 is 0. The van der Waals surface area contributed by atoms with E-state index in [1.165, 1.54) is 44.5 Å². The first-order valence-electron chi connectivity index (χ1n) is 6.98. The highest BCUT2D eigenvalue weighted by Gasteiger charge is 2.19. The molecule has 1 heterocycles. The molecule has 1 aromatic heterocycles. The zero-order valence-electron chi connectivity index (χ0n) is 11.3. The Morgan fingerprint density at radius 2 is 1.95 bits per heavy atom. The van der Waals surface area contributed by atoms with Crippen LogP contribution in [0.5, 0.6) is 0 Å². The summed E-state index contributed by atoms with van der Waals surface area (Å²) in [5.74, 6) is 1.22. The molecule has 1 saturated carbocycles. The van der Waals surface area contributed by atoms with Crippen LogP contribution in [-0.2, 0) is 0 Å². The lowest BCUT2D eigenvalue weighted by atomic mass is 9.81. The number of anilines is 1. The molecular weight excluding hydrogens is 242 g/mol. The number of carboxylic acid groups (broad SMARTS) is 1. The number of hydrogen-bond donors (Lipinski definition) is 2. The van der Waals surface area contributed by atoms with E-state index >= 15 is 0 Å². The molecular formula is C14H21N3O2. The van der Waals surface area contributed by atoms with Gasteiger partial charge in [-0.2, -0.15) is 0 Å². The molecule has 0 aliphatic heterocycles. The summed E-state index contributed by atoms with van der Waals surface area (Å²) >= 11 is 0. The lowest BCUT2D eigenvalue weighted by Gasteiger charge is -2.27. The third kappa shape index (κ3) is 3.91. The molecule has 1 aliphatic carbocycles. The standard InChI is InChI=1S/C14H21N3O2/c1-2-10-3-5-11(6-4-10)7-16-13-9-15-12(8-17-13)14(18)19/h8-11H,2-7H2,1H3,(H,16,17)(H,18,19). The second-order valence-electron chi connectivity index (χ2n) is 5.27. The van der Waals surface area contributed by atoms with Gasteiger partial charge >= 0.3 is 5.97 Å². The fraction of sp³-hybridized carbons (Fsp3) is 0.643. The Bertz CT molecular complexity index is 411. The van der Waals surface area contributed by atoms with Gasteiger partial charge in [-0.15, -0.1) is 0 Å². The number of aromatic nitrogens is 2. The number of hydrogen-bond acceptors (Lipinski definition) is 4. The van der Waals surface area contributed by atoms with E-state index < -0.39 is 5.97 Å². The van der Waals surface area contributed by atoms with E-state index in [4.69, 9.17) is 5.11 Å². The maximum atomic E-state index is 10.7. The van der Waals surface area contributed by atoms with Crippen LogP contribution in [0.4, 0.5) is 5.82 Å². The molecule has 0 amide bonds. The van der Waals surface area contributed by atoms with Gasteiger partial charge in [-0.1, -0.05) is 26.2 Å². The highest BCUT2D eigenvalue weighted by molar-refractivity contribution is 5.84. The SMILES string of the molecule is CCC1CCC(CNc2cnc(C(=O)O)cn2)CC1. The fourth-order valence-electron chi connectivity index (χ4n) is 2.62. The van der Waals surface area contributed by atoms with Crippen molar-refractivity contribution in [3.63, 3.8) is 0 Å². The first kappa shape index (κ1) is 13.8. The highest BCUT2D eigenvalue weighted by Crippen LogP contribution is 2.30. The first-order chi connectivity index (χ1) is 9.19. The van der Waals surface area contributed by atoms with Crippen LogP contribution in [-0.4, -0.2) is 27.6 Å². The number of rotatable bonds is 5. The zero-order chi connectivity index (χ0) is 13.7. The number of nitrogens with one attached hydrogen (secondary N) is 1. The number of nitrogens with zero attached hydrogens (tertiary/aromatic N) is 2. The predicted molar refractivity (Wildman–Crippen MR) is 73.2 cm³/mol. The van der Waals surface area contributed by atoms with E-state index in [0.717, 1.165) is 12.5 Å². The third-order valence-electron chi connectivity index (χ3n) is 3.99. The molecule has 2 N–H and O–H groups in total. The van der Waals surface area contributed by atoms with E-state index in [9.17, 15) is 4.79 Å². The second kappa shape index (κ2) is 6.50. The van der Waals surface area contributed by atoms with Gasteiger partial charge in [-0.25, -0.2) is 14.8 Å². The van der Waals surface area contributed by atoms with Crippen LogP contribution < -0.4 is 5.32 Å². The fourth-order valence-corrected chi connectivity index (χ4v) is 2.62. The minimum atomic E-state index is -1.04. The third-order valence-corrected chi connectivity index (χ3v) is 3.99. The van der Waals surface area contributed by atoms with Crippen molar-refractivity contribution in [3.8, 4) is 0 Å². The Morgan fingerprint density at radius 1 is 1.26 bits per heavy atom. The molecule has 0 atom stereocenters. The Balaban J connectivity index is 1.78. The summed E-state index contributed by atoms with van der Waals surface area (Å²) in [4.78, 5) is 18.6. The van der Waals surface area contributed by atoms with Crippen molar-refractivity contribution in [1.29, 1.82) is 0 Å². The predicted octanol–water partition coefficient (Wildman–Crippen LogP) is 2.80. The maximum Gasteiger partial charge on any atom is 0.356 e. The highest BCUT2D eigenvalue weighted by atomic mass is 16.4. The summed E-state index contributed by atoms with van der Waals surface area (Å²) in [6.45, 7) is 3.17. The molecule has 2 rings (SSSR count). The van der Waals surface area contributed by atoms with Crippen LogP contribution >= 0.6 is 0 Å². The van der Waals surface area contributed by atoms with Crippen LogP contribution in [0.1, 0.15) is 49.5 Å². The van der Waals surface area contributed by atoms with Gasteiger partial charge in [0.15, 0.2) is 5.69 Å². The smallest absolute Gasteiger partial charge is 0.356 e. The lowest BCUT2D eigenvalue weighted by Crippen LogP contribution is -2.21. The van der Waals surface area contributed by atoms with Crippen LogP contribution in [0.2, 0.25) is 0 Å². The largest absolute Gasteiger partial charge is 0.476 e. The van der Waals surface area contributed by atoms with E-state index in [0.29, 0.717) is 11.7 Å². The van der Waals surface area contributed by atoms with Crippen molar-refractivity contribution in [2.75, 3.05) is 11.9 Å². The summed E-state index contributed by atoms with van der Waals surface area (Å²) in [6, 6.07) is 0. The molecule has 0 saturated heterocycles. The summed E-state index contributed by atoms with van der Waals surface area (Å²) in [6.07, 6.45) is 9.26. The minimum Gasteiger partial charge on any atom is -0.476 e. The summed E-state index contributed by atoms with van der Waals surface area (Å²) in [5.41, 5.74) is -0.0194. The van der Waals surface area contributed by atoms with Crippen LogP contribution in [0.25, 0.3) is 0 Å². The molecule has 0 aromatic carbocycles. The van der Waals surface area contributed by atoms with Gasteiger partial charge in [0.2, 0.25) is 0 Å². The van der Waals surface area contributed by atoms with Gasteiger partial charge < -0.3 is 10.4 Å². The lowest BCUT2D eigenvalue weighted by molar-refractivity contribution is 0.0690. The van der Waals surface area contributed by atoms with Crippen molar-refractivity contribution < 1.29 is 9.90 Å².